The first-order chi connectivity index (χ1) is 13.9. The largest absolute Gasteiger partial charge is 1.00 e. The van der Waals surface area contributed by atoms with Gasteiger partial charge in [0.15, 0.2) is 0 Å². The minimum absolute atomic E-state index is 0. The van der Waals surface area contributed by atoms with Crippen molar-refractivity contribution >= 4 is 10.1 Å². The van der Waals surface area contributed by atoms with E-state index in [1.54, 1.807) is 24.3 Å². The summed E-state index contributed by atoms with van der Waals surface area (Å²) in [6, 6.07) is 10.6. The zero-order valence-electron chi connectivity index (χ0n) is 18.1. The van der Waals surface area contributed by atoms with Crippen molar-refractivity contribution in [2.24, 2.45) is 0 Å². The Labute approximate surface area is 202 Å². The van der Waals surface area contributed by atoms with Crippen LogP contribution >= 0.6 is 0 Å². The molecule has 2 aromatic carbocycles. The van der Waals surface area contributed by atoms with Crippen LogP contribution in [0.1, 0.15) is 70.3 Å². The number of aryl methyl sites for hydroxylation is 1. The molecule has 0 bridgehead atoms. The van der Waals surface area contributed by atoms with Crippen LogP contribution < -0.4 is 39.4 Å². The minimum Gasteiger partial charge on any atom is -0.872 e. The van der Waals surface area contributed by atoms with Crippen molar-refractivity contribution in [1.82, 2.24) is 0 Å². The van der Waals surface area contributed by atoms with Gasteiger partial charge in [-0.05, 0) is 36.6 Å². The molecule has 0 atom stereocenters. The number of hydrogen-bond acceptors (Lipinski definition) is 4. The van der Waals surface area contributed by atoms with Crippen molar-refractivity contribution in [3.8, 4) is 17.2 Å². The second-order valence-electron chi connectivity index (χ2n) is 7.40. The van der Waals surface area contributed by atoms with Gasteiger partial charge in [0.1, 0.15) is 16.4 Å². The van der Waals surface area contributed by atoms with E-state index in [-0.39, 0.29) is 46.0 Å². The van der Waals surface area contributed by atoms with E-state index < -0.39 is 10.1 Å². The normalized spacial score (nSPS) is 11.1. The van der Waals surface area contributed by atoms with E-state index in [1.807, 2.05) is 0 Å². The predicted octanol–water partition coefficient (Wildman–Crippen LogP) is 2.88. The average Bonchev–Trinajstić information content (AvgIpc) is 2.67. The summed E-state index contributed by atoms with van der Waals surface area (Å²) >= 11 is 0. The van der Waals surface area contributed by atoms with Gasteiger partial charge in [-0.3, -0.25) is 4.55 Å². The third-order valence-electron chi connectivity index (χ3n) is 4.91. The Morgan fingerprint density at radius 1 is 0.867 bits per heavy atom. The molecular formula is C23H31NaO5S. The molecule has 0 fully saturated rings. The molecule has 0 saturated carbocycles. The minimum atomic E-state index is -4.36. The van der Waals surface area contributed by atoms with E-state index in [2.05, 4.69) is 6.92 Å². The zero-order chi connectivity index (χ0) is 21.1. The molecule has 2 rings (SSSR count). The smallest absolute Gasteiger partial charge is 0.872 e. The Bertz CT molecular complexity index is 868. The summed E-state index contributed by atoms with van der Waals surface area (Å²) in [5.74, 6) is 0.393. The second-order valence-corrected chi connectivity index (χ2v) is 8.79. The Kier molecular flexibility index (Phi) is 12.7. The molecule has 160 valence electrons. The standard InChI is InChI=1S/C23H32O5S.Na/c1-2-3-4-5-6-7-8-9-10-12-19-15-16-22(18-23(19)29(25,26)27)28-21-14-11-13-20(24)17-21;/h11,13-18,24H,2-10,12H2,1H3,(H,25,26,27);/q;+1/p-1. The van der Waals surface area contributed by atoms with Crippen LogP contribution in [0.4, 0.5) is 0 Å². The third-order valence-corrected chi connectivity index (χ3v) is 5.84. The summed E-state index contributed by atoms with van der Waals surface area (Å²) < 4.78 is 38.8. The zero-order valence-corrected chi connectivity index (χ0v) is 20.9. The van der Waals surface area contributed by atoms with Crippen molar-refractivity contribution in [2.75, 3.05) is 0 Å². The Hall–Kier alpha value is -1.05. The summed E-state index contributed by atoms with van der Waals surface area (Å²) in [6.07, 6.45) is 11.3. The van der Waals surface area contributed by atoms with Gasteiger partial charge in [-0.25, -0.2) is 0 Å². The van der Waals surface area contributed by atoms with E-state index >= 15 is 0 Å². The van der Waals surface area contributed by atoms with Crippen molar-refractivity contribution in [2.45, 2.75) is 76.0 Å². The Morgan fingerprint density at radius 3 is 2.07 bits per heavy atom. The Balaban J connectivity index is 0.00000450. The van der Waals surface area contributed by atoms with Gasteiger partial charge < -0.3 is 9.84 Å². The molecule has 2 aromatic rings. The molecule has 0 aliphatic heterocycles. The molecule has 1 N–H and O–H groups in total. The summed E-state index contributed by atoms with van der Waals surface area (Å²) in [7, 11) is -4.36. The molecule has 0 spiro atoms. The SMILES string of the molecule is CCCCCCCCCCCc1ccc(Oc2cccc([O-])c2)cc1S(=O)(=O)O.[Na+]. The van der Waals surface area contributed by atoms with Gasteiger partial charge in [-0.1, -0.05) is 76.5 Å². The van der Waals surface area contributed by atoms with Gasteiger partial charge in [0, 0.05) is 6.07 Å². The molecule has 0 aliphatic rings. The number of ether oxygens (including phenoxy) is 1. The van der Waals surface area contributed by atoms with Gasteiger partial charge in [0.2, 0.25) is 0 Å². The van der Waals surface area contributed by atoms with Crippen LogP contribution in [-0.4, -0.2) is 13.0 Å². The first-order valence-corrected chi connectivity index (χ1v) is 11.9. The number of benzene rings is 2. The van der Waals surface area contributed by atoms with Gasteiger partial charge in [0.25, 0.3) is 10.1 Å². The molecule has 0 aliphatic carbocycles. The van der Waals surface area contributed by atoms with Crippen molar-refractivity contribution in [3.63, 3.8) is 0 Å². The van der Waals surface area contributed by atoms with Crippen LogP contribution in [0.5, 0.6) is 17.2 Å². The van der Waals surface area contributed by atoms with Crippen LogP contribution in [0.25, 0.3) is 0 Å². The molecule has 0 radical (unpaired) electrons. The van der Waals surface area contributed by atoms with Gasteiger partial charge in [-0.2, -0.15) is 8.42 Å². The van der Waals surface area contributed by atoms with Crippen LogP contribution in [-0.2, 0) is 16.5 Å². The monoisotopic (exact) mass is 442 g/mol. The fourth-order valence-electron chi connectivity index (χ4n) is 3.34. The number of unbranched alkanes of at least 4 members (excludes halogenated alkanes) is 8. The third kappa shape index (κ3) is 9.84. The van der Waals surface area contributed by atoms with E-state index in [4.69, 9.17) is 4.74 Å². The van der Waals surface area contributed by atoms with Crippen LogP contribution in [0.3, 0.4) is 0 Å². The van der Waals surface area contributed by atoms with E-state index in [1.165, 1.54) is 56.7 Å². The first-order valence-electron chi connectivity index (χ1n) is 10.5. The molecule has 0 unspecified atom stereocenters. The molecule has 0 aromatic heterocycles. The van der Waals surface area contributed by atoms with E-state index in [0.717, 1.165) is 19.3 Å². The molecule has 0 heterocycles. The summed E-state index contributed by atoms with van der Waals surface area (Å²) in [5, 5.41) is 11.4. The molecule has 5 nitrogen and oxygen atoms in total. The maximum absolute atomic E-state index is 11.8. The maximum Gasteiger partial charge on any atom is 1.00 e. The number of hydrogen-bond donors (Lipinski definition) is 1. The van der Waals surface area contributed by atoms with Crippen LogP contribution in [0.2, 0.25) is 0 Å². The fraction of sp³-hybridized carbons (Fsp3) is 0.478. The first kappa shape index (κ1) is 27.0. The van der Waals surface area contributed by atoms with Gasteiger partial charge in [-0.15, -0.1) is 5.75 Å². The van der Waals surface area contributed by atoms with Crippen LogP contribution in [0.15, 0.2) is 47.4 Å². The van der Waals surface area contributed by atoms with Gasteiger partial charge >= 0.3 is 29.6 Å². The molecular weight excluding hydrogens is 411 g/mol. The molecule has 7 heteroatoms. The van der Waals surface area contributed by atoms with E-state index in [9.17, 15) is 18.1 Å². The van der Waals surface area contributed by atoms with Gasteiger partial charge in [0.05, 0.1) is 0 Å². The summed E-state index contributed by atoms with van der Waals surface area (Å²) in [6.45, 7) is 2.21. The topological polar surface area (TPSA) is 86.7 Å². The predicted molar refractivity (Wildman–Crippen MR) is 113 cm³/mol. The van der Waals surface area contributed by atoms with E-state index in [0.29, 0.717) is 17.7 Å². The fourth-order valence-corrected chi connectivity index (χ4v) is 4.11. The van der Waals surface area contributed by atoms with Crippen molar-refractivity contribution in [3.05, 3.63) is 48.0 Å². The van der Waals surface area contributed by atoms with Crippen molar-refractivity contribution in [1.29, 1.82) is 0 Å². The second kappa shape index (κ2) is 14.1. The maximum atomic E-state index is 11.8. The number of rotatable bonds is 13. The average molecular weight is 443 g/mol. The van der Waals surface area contributed by atoms with Crippen LogP contribution in [0, 0.1) is 0 Å². The molecule has 30 heavy (non-hydrogen) atoms. The molecule has 0 amide bonds. The molecule has 0 saturated heterocycles. The quantitative estimate of drug-likeness (QED) is 0.293. The van der Waals surface area contributed by atoms with Crippen molar-refractivity contribution < 1.29 is 52.4 Å². The summed E-state index contributed by atoms with van der Waals surface area (Å²) in [5.41, 5.74) is 0.584. The Morgan fingerprint density at radius 2 is 1.47 bits per heavy atom. The summed E-state index contributed by atoms with van der Waals surface area (Å²) in [4.78, 5) is -0.132.